The minimum Gasteiger partial charge on any atom is -0.497 e. The van der Waals surface area contributed by atoms with Crippen LogP contribution in [0, 0.1) is 0 Å². The van der Waals surface area contributed by atoms with E-state index in [9.17, 15) is 0 Å². The van der Waals surface area contributed by atoms with E-state index < -0.39 is 3.79 Å². The molecule has 0 atom stereocenters. The van der Waals surface area contributed by atoms with Crippen molar-refractivity contribution < 1.29 is 9.15 Å². The molecule has 0 spiro atoms. The number of hydrogen-bond donors (Lipinski definition) is 0. The van der Waals surface area contributed by atoms with Gasteiger partial charge in [0.25, 0.3) is 9.68 Å². The molecule has 0 radical (unpaired) electrons. The van der Waals surface area contributed by atoms with E-state index in [2.05, 4.69) is 10.2 Å². The van der Waals surface area contributed by atoms with Crippen molar-refractivity contribution in [3.63, 3.8) is 0 Å². The number of alkyl halides is 3. The van der Waals surface area contributed by atoms with Crippen LogP contribution < -0.4 is 4.74 Å². The van der Waals surface area contributed by atoms with Gasteiger partial charge >= 0.3 is 0 Å². The second kappa shape index (κ2) is 6.04. The third-order valence-electron chi connectivity index (χ3n) is 2.50. The number of benzene rings is 1. The summed E-state index contributed by atoms with van der Waals surface area (Å²) >= 11 is 17.0. The Labute approximate surface area is 131 Å². The summed E-state index contributed by atoms with van der Waals surface area (Å²) < 4.78 is 8.69. The summed E-state index contributed by atoms with van der Waals surface area (Å²) in [6.07, 6.45) is 1.88. The summed E-state index contributed by atoms with van der Waals surface area (Å²) in [5.41, 5.74) is 1.74. The van der Waals surface area contributed by atoms with Crippen LogP contribution >= 0.6 is 34.8 Å². The summed E-state index contributed by atoms with van der Waals surface area (Å²) in [6.45, 7) is 1.83. The van der Waals surface area contributed by atoms with Crippen molar-refractivity contribution in [1.29, 1.82) is 0 Å². The maximum Gasteiger partial charge on any atom is 0.268 e. The molecule has 4 nitrogen and oxygen atoms in total. The lowest BCUT2D eigenvalue weighted by Crippen LogP contribution is -1.99. The van der Waals surface area contributed by atoms with Gasteiger partial charge in [-0.05, 0) is 30.7 Å². The van der Waals surface area contributed by atoms with Gasteiger partial charge in [0.05, 0.1) is 7.11 Å². The molecule has 0 bridgehead atoms. The fraction of sp³-hybridized carbons (Fsp3) is 0.231. The molecule has 0 saturated heterocycles. The highest BCUT2D eigenvalue weighted by Gasteiger charge is 2.30. The zero-order valence-electron chi connectivity index (χ0n) is 10.7. The molecule has 1 aromatic heterocycles. The Bertz CT molecular complexity index is 615. The normalized spacial score (nSPS) is 12.6. The maximum absolute atomic E-state index is 5.67. The van der Waals surface area contributed by atoms with E-state index in [4.69, 9.17) is 44.0 Å². The second-order valence-corrected chi connectivity index (χ2v) is 6.29. The Morgan fingerprint density at radius 2 is 1.85 bits per heavy atom. The molecule has 2 aromatic rings. The summed E-state index contributed by atoms with van der Waals surface area (Å²) in [6, 6.07) is 7.54. The number of allylic oxidation sites excluding steroid dienone is 1. The van der Waals surface area contributed by atoms with E-state index in [1.54, 1.807) is 7.11 Å². The quantitative estimate of drug-likeness (QED) is 0.778. The van der Waals surface area contributed by atoms with Crippen LogP contribution in [0.1, 0.15) is 24.3 Å². The van der Waals surface area contributed by atoms with Gasteiger partial charge < -0.3 is 9.15 Å². The monoisotopic (exact) mass is 332 g/mol. The topological polar surface area (TPSA) is 48.2 Å². The molecule has 0 amide bonds. The van der Waals surface area contributed by atoms with E-state index in [0.29, 0.717) is 5.89 Å². The number of nitrogens with zero attached hydrogens (tertiary/aromatic N) is 2. The van der Waals surface area contributed by atoms with Crippen molar-refractivity contribution in [2.24, 2.45) is 0 Å². The number of halogens is 3. The highest BCUT2D eigenvalue weighted by molar-refractivity contribution is 6.66. The van der Waals surface area contributed by atoms with Crippen molar-refractivity contribution >= 4 is 46.5 Å². The fourth-order valence-electron chi connectivity index (χ4n) is 1.51. The summed E-state index contributed by atoms with van der Waals surface area (Å²) in [5, 5.41) is 7.55. The van der Waals surface area contributed by atoms with Crippen LogP contribution in [0.15, 0.2) is 28.7 Å². The first-order valence-corrected chi connectivity index (χ1v) is 6.77. The van der Waals surface area contributed by atoms with Crippen LogP contribution in [-0.4, -0.2) is 17.3 Å². The number of aromatic nitrogens is 2. The molecule has 0 unspecified atom stereocenters. The Hall–Kier alpha value is -1.23. The first kappa shape index (κ1) is 15.2. The predicted molar refractivity (Wildman–Crippen MR) is 80.1 cm³/mol. The molecule has 0 fully saturated rings. The molecular weight excluding hydrogens is 323 g/mol. The summed E-state index contributed by atoms with van der Waals surface area (Å²) in [7, 11) is 1.62. The maximum atomic E-state index is 5.67. The lowest BCUT2D eigenvalue weighted by atomic mass is 10.1. The molecule has 0 saturated carbocycles. The van der Waals surface area contributed by atoms with Gasteiger partial charge in [0.2, 0.25) is 5.89 Å². The predicted octanol–water partition coefficient (Wildman–Crippen LogP) is 4.47. The van der Waals surface area contributed by atoms with E-state index in [1.807, 2.05) is 37.3 Å². The average Bonchev–Trinajstić information content (AvgIpc) is 2.89. The van der Waals surface area contributed by atoms with Crippen LogP contribution in [0.3, 0.4) is 0 Å². The molecule has 2 rings (SSSR count). The molecule has 1 heterocycles. The van der Waals surface area contributed by atoms with E-state index >= 15 is 0 Å². The third-order valence-corrected chi connectivity index (χ3v) is 2.99. The molecule has 7 heteroatoms. The van der Waals surface area contributed by atoms with Crippen molar-refractivity contribution in [2.45, 2.75) is 10.7 Å². The van der Waals surface area contributed by atoms with Gasteiger partial charge in [0, 0.05) is 5.57 Å². The van der Waals surface area contributed by atoms with Gasteiger partial charge in [0.1, 0.15) is 5.75 Å². The Morgan fingerprint density at radius 3 is 2.35 bits per heavy atom. The lowest BCUT2D eigenvalue weighted by molar-refractivity contribution is 0.415. The number of ether oxygens (including phenoxy) is 1. The van der Waals surface area contributed by atoms with E-state index in [-0.39, 0.29) is 5.89 Å². The zero-order chi connectivity index (χ0) is 14.8. The van der Waals surface area contributed by atoms with Gasteiger partial charge in [-0.2, -0.15) is 0 Å². The minimum absolute atomic E-state index is 0.0556. The molecule has 0 aliphatic rings. The van der Waals surface area contributed by atoms with E-state index in [1.165, 1.54) is 0 Å². The van der Waals surface area contributed by atoms with Crippen LogP contribution in [0.2, 0.25) is 0 Å². The first-order valence-electron chi connectivity index (χ1n) is 5.63. The SMILES string of the molecule is COc1ccc(/C=C(\C)c2nnc(C(Cl)(Cl)Cl)o2)cc1. The molecular formula is C13H11Cl3N2O2. The molecule has 0 N–H and O–H groups in total. The van der Waals surface area contributed by atoms with Gasteiger partial charge in [-0.1, -0.05) is 46.9 Å². The minimum atomic E-state index is -1.72. The number of hydrogen-bond acceptors (Lipinski definition) is 4. The van der Waals surface area contributed by atoms with Crippen LogP contribution in [0.4, 0.5) is 0 Å². The van der Waals surface area contributed by atoms with Crippen molar-refractivity contribution in [1.82, 2.24) is 10.2 Å². The first-order chi connectivity index (χ1) is 9.40. The molecule has 0 aliphatic heterocycles. The lowest BCUT2D eigenvalue weighted by Gasteiger charge is -2.02. The van der Waals surface area contributed by atoms with Crippen LogP contribution in [0.25, 0.3) is 11.6 Å². The highest BCUT2D eigenvalue weighted by Crippen LogP contribution is 2.37. The van der Waals surface area contributed by atoms with Gasteiger partial charge in [0.15, 0.2) is 0 Å². The Kier molecular flexibility index (Phi) is 4.58. The fourth-order valence-corrected chi connectivity index (χ4v) is 1.74. The Morgan fingerprint density at radius 1 is 1.20 bits per heavy atom. The van der Waals surface area contributed by atoms with Gasteiger partial charge in [-0.3, -0.25) is 0 Å². The standard InChI is InChI=1S/C13H11Cl3N2O2/c1-8(7-9-3-5-10(19-2)6-4-9)11-17-18-12(20-11)13(14,15)16/h3-7H,1-2H3/b8-7+. The third kappa shape index (κ3) is 3.66. The zero-order valence-corrected chi connectivity index (χ0v) is 13.0. The summed E-state index contributed by atoms with van der Waals surface area (Å²) in [4.78, 5) is 0. The molecule has 106 valence electrons. The van der Waals surface area contributed by atoms with Crippen molar-refractivity contribution in [3.8, 4) is 5.75 Å². The average molecular weight is 334 g/mol. The Balaban J connectivity index is 2.23. The van der Waals surface area contributed by atoms with Crippen LogP contribution in [-0.2, 0) is 3.79 Å². The highest BCUT2D eigenvalue weighted by atomic mass is 35.6. The number of rotatable bonds is 3. The van der Waals surface area contributed by atoms with E-state index in [0.717, 1.165) is 16.9 Å². The largest absolute Gasteiger partial charge is 0.497 e. The molecule has 0 aliphatic carbocycles. The number of methoxy groups -OCH3 is 1. The van der Waals surface area contributed by atoms with Crippen LogP contribution in [0.5, 0.6) is 5.75 Å². The summed E-state index contributed by atoms with van der Waals surface area (Å²) in [5.74, 6) is 1.04. The molecule has 1 aromatic carbocycles. The second-order valence-electron chi connectivity index (χ2n) is 4.01. The smallest absolute Gasteiger partial charge is 0.268 e. The molecule has 20 heavy (non-hydrogen) atoms. The van der Waals surface area contributed by atoms with Crippen molar-refractivity contribution in [3.05, 3.63) is 41.6 Å². The van der Waals surface area contributed by atoms with Gasteiger partial charge in [-0.15, -0.1) is 10.2 Å². The van der Waals surface area contributed by atoms with Gasteiger partial charge in [-0.25, -0.2) is 0 Å². The van der Waals surface area contributed by atoms with Crippen molar-refractivity contribution in [2.75, 3.05) is 7.11 Å².